The molecule has 2 aromatic heterocycles. The van der Waals surface area contributed by atoms with Crippen molar-refractivity contribution in [2.24, 2.45) is 5.92 Å². The first-order chi connectivity index (χ1) is 15.4. The molecule has 3 heterocycles. The zero-order valence-corrected chi connectivity index (χ0v) is 20.0. The average Bonchev–Trinajstić information content (AvgIpc) is 3.17. The highest BCUT2D eigenvalue weighted by Crippen LogP contribution is 2.66. The highest BCUT2D eigenvalue weighted by Gasteiger charge is 2.65. The molecule has 34 heavy (non-hydrogen) atoms. The van der Waals surface area contributed by atoms with Crippen LogP contribution in [0.4, 0.5) is 10.2 Å². The van der Waals surface area contributed by atoms with Gasteiger partial charge >= 0.3 is 23.5 Å². The van der Waals surface area contributed by atoms with Gasteiger partial charge in [-0.1, -0.05) is 6.92 Å². The highest BCUT2D eigenvalue weighted by atomic mass is 31.3. The number of aromatic nitrogens is 3. The molecule has 3 rings (SSSR count). The Hall–Kier alpha value is -1.79. The predicted molar refractivity (Wildman–Crippen MR) is 108 cm³/mol. The van der Waals surface area contributed by atoms with E-state index in [1.165, 1.54) is 19.1 Å². The number of phosphoric ester groups is 1. The maximum absolute atomic E-state index is 16.0. The van der Waals surface area contributed by atoms with Gasteiger partial charge in [0.25, 0.3) is 0 Å². The van der Waals surface area contributed by atoms with Crippen molar-refractivity contribution in [1.82, 2.24) is 14.6 Å². The van der Waals surface area contributed by atoms with Crippen molar-refractivity contribution >= 4 is 34.8 Å². The van der Waals surface area contributed by atoms with Gasteiger partial charge in [0.15, 0.2) is 11.5 Å². The lowest BCUT2D eigenvalue weighted by Crippen LogP contribution is -2.45. The third-order valence-electron chi connectivity index (χ3n) is 5.25. The number of hydrogen-bond donors (Lipinski definition) is 5. The number of rotatable bonds is 8. The van der Waals surface area contributed by atoms with Crippen LogP contribution in [0.3, 0.4) is 0 Å². The van der Waals surface area contributed by atoms with Gasteiger partial charge in [-0.15, -0.1) is 0 Å². The largest absolute Gasteiger partial charge is 0.490 e. The van der Waals surface area contributed by atoms with Crippen molar-refractivity contribution in [3.63, 3.8) is 0 Å². The summed E-state index contributed by atoms with van der Waals surface area (Å²) in [6, 6.07) is 4.56. The third kappa shape index (κ3) is 4.94. The van der Waals surface area contributed by atoms with E-state index < -0.39 is 53.4 Å². The van der Waals surface area contributed by atoms with Crippen LogP contribution in [-0.2, 0) is 37.2 Å². The number of anilines is 1. The zero-order chi connectivity index (χ0) is 25.7. The van der Waals surface area contributed by atoms with Crippen LogP contribution in [0, 0.1) is 17.2 Å². The molecule has 6 N–H and O–H groups in total. The van der Waals surface area contributed by atoms with E-state index in [0.29, 0.717) is 0 Å². The van der Waals surface area contributed by atoms with Crippen molar-refractivity contribution in [3.8, 4) is 6.07 Å². The third-order valence-corrected chi connectivity index (χ3v) is 9.05. The van der Waals surface area contributed by atoms with Crippen LogP contribution in [0.15, 0.2) is 18.5 Å². The van der Waals surface area contributed by atoms with E-state index in [1.54, 1.807) is 6.07 Å². The maximum Gasteiger partial charge on any atom is 0.490 e. The average molecular weight is 545 g/mol. The summed E-state index contributed by atoms with van der Waals surface area (Å²) in [5.41, 5.74) is 1.24. The fourth-order valence-corrected chi connectivity index (χ4v) is 6.52. The van der Waals surface area contributed by atoms with Gasteiger partial charge in [0.2, 0.25) is 5.60 Å². The molecule has 16 nitrogen and oxygen atoms in total. The lowest BCUT2D eigenvalue weighted by Gasteiger charge is -2.31. The summed E-state index contributed by atoms with van der Waals surface area (Å²) in [4.78, 5) is 39.8. The van der Waals surface area contributed by atoms with E-state index >= 15 is 4.39 Å². The number of fused-ring (bicyclic) bond motifs is 1. The fraction of sp³-hybridized carbons (Fsp3) is 0.500. The van der Waals surface area contributed by atoms with E-state index in [9.17, 15) is 28.7 Å². The number of nitrogen functional groups attached to an aromatic ring is 1. The Morgan fingerprint density at radius 1 is 1.26 bits per heavy atom. The van der Waals surface area contributed by atoms with Crippen molar-refractivity contribution < 1.29 is 55.5 Å². The molecule has 0 spiro atoms. The summed E-state index contributed by atoms with van der Waals surface area (Å²) in [6.45, 7) is 1.45. The van der Waals surface area contributed by atoms with Crippen molar-refractivity contribution in [3.05, 3.63) is 24.2 Å². The minimum Gasteiger partial charge on any atom is -0.382 e. The Bertz CT molecular complexity index is 1290. The normalized spacial score (nSPS) is 31.1. The van der Waals surface area contributed by atoms with E-state index in [0.717, 1.165) is 17.8 Å². The summed E-state index contributed by atoms with van der Waals surface area (Å²) in [6.07, 6.45) is -0.304. The van der Waals surface area contributed by atoms with Gasteiger partial charge in [-0.05, 0) is 19.1 Å². The van der Waals surface area contributed by atoms with Gasteiger partial charge < -0.3 is 30.0 Å². The number of ether oxygens (including phenoxy) is 1. The summed E-state index contributed by atoms with van der Waals surface area (Å²) in [5, 5.41) is 13.9. The number of alkyl halides is 1. The maximum atomic E-state index is 16.0. The van der Waals surface area contributed by atoms with Gasteiger partial charge in [-0.3, -0.25) is 4.52 Å². The number of nitrogens with two attached hydrogens (primary N) is 1. The van der Waals surface area contributed by atoms with Crippen LogP contribution in [0.5, 0.6) is 0 Å². The Labute approximate surface area is 190 Å². The van der Waals surface area contributed by atoms with Crippen LogP contribution in [0.25, 0.3) is 5.52 Å². The Morgan fingerprint density at radius 2 is 1.91 bits per heavy atom. The monoisotopic (exact) mass is 545 g/mol. The molecule has 6 atom stereocenters. The van der Waals surface area contributed by atoms with Crippen molar-refractivity contribution in [1.29, 1.82) is 5.26 Å². The van der Waals surface area contributed by atoms with Gasteiger partial charge in [-0.2, -0.15) is 19.0 Å². The molecule has 1 aliphatic heterocycles. The topological polar surface area (TPSA) is 249 Å². The van der Waals surface area contributed by atoms with Crippen LogP contribution >= 0.6 is 23.5 Å². The van der Waals surface area contributed by atoms with Crippen molar-refractivity contribution in [2.75, 3.05) is 12.3 Å². The van der Waals surface area contributed by atoms with Crippen LogP contribution in [-0.4, -0.2) is 52.6 Å². The molecule has 2 unspecified atom stereocenters. The minimum absolute atomic E-state index is 0.0464. The molecular weight excluding hydrogens is 526 g/mol. The lowest BCUT2D eigenvalue weighted by atomic mass is 9.77. The smallest absolute Gasteiger partial charge is 0.382 e. The molecule has 0 aliphatic carbocycles. The second-order valence-corrected chi connectivity index (χ2v) is 11.8. The molecule has 1 fully saturated rings. The van der Waals surface area contributed by atoms with Gasteiger partial charge in [0, 0.05) is 5.92 Å². The van der Waals surface area contributed by atoms with Crippen LogP contribution in [0.2, 0.25) is 0 Å². The number of nitriles is 1. The van der Waals surface area contributed by atoms with E-state index in [2.05, 4.69) is 23.2 Å². The van der Waals surface area contributed by atoms with Crippen molar-refractivity contribution in [2.45, 2.75) is 31.2 Å². The Kier molecular flexibility index (Phi) is 6.86. The molecule has 1 saturated heterocycles. The predicted octanol–water partition coefficient (Wildman–Crippen LogP) is 1.14. The van der Waals surface area contributed by atoms with Gasteiger partial charge in [0.05, 0.1) is 18.4 Å². The number of phosphoric acid groups is 3. The Morgan fingerprint density at radius 3 is 2.50 bits per heavy atom. The molecule has 20 heteroatoms. The van der Waals surface area contributed by atoms with E-state index in [1.807, 2.05) is 0 Å². The van der Waals surface area contributed by atoms with Gasteiger partial charge in [-0.25, -0.2) is 27.6 Å². The van der Waals surface area contributed by atoms with E-state index in [4.69, 9.17) is 20.3 Å². The summed E-state index contributed by atoms with van der Waals surface area (Å²) in [7, 11) is -16.8. The Balaban J connectivity index is 1.86. The summed E-state index contributed by atoms with van der Waals surface area (Å²) < 4.78 is 68.8. The molecule has 1 aliphatic rings. The lowest BCUT2D eigenvalue weighted by molar-refractivity contribution is -0.0711. The van der Waals surface area contributed by atoms with Crippen LogP contribution in [0.1, 0.15) is 19.5 Å². The molecule has 0 bridgehead atoms. The molecular formula is C14H19FN5O11P3. The second kappa shape index (κ2) is 8.70. The van der Waals surface area contributed by atoms with E-state index in [-0.39, 0.29) is 17.0 Å². The first-order valence-electron chi connectivity index (χ1n) is 9.10. The first kappa shape index (κ1) is 26.8. The molecule has 188 valence electrons. The molecule has 2 aromatic rings. The number of halogens is 1. The summed E-state index contributed by atoms with van der Waals surface area (Å²) in [5.74, 6) is -1.12. The molecule has 0 radical (unpaired) electrons. The SMILES string of the molecule is C[C@@H]1[C@@H](COP(=O)(O)OP(=O)(O)OP(=O)(O)O)O[C@@](C#N)(c2ccc3c(N)ncnn23)[C@]1(C)F. The highest BCUT2D eigenvalue weighted by molar-refractivity contribution is 7.66. The zero-order valence-electron chi connectivity index (χ0n) is 17.3. The van der Waals surface area contributed by atoms with Gasteiger partial charge in [0.1, 0.15) is 17.9 Å². The molecule has 0 saturated carbocycles. The minimum atomic E-state index is -5.74. The fourth-order valence-electron chi connectivity index (χ4n) is 3.49. The molecule has 0 amide bonds. The first-order valence-corrected chi connectivity index (χ1v) is 13.6. The standard InChI is InChI=1S/C14H19FN5O11P3/c1-8-10(5-28-33(24,25)31-34(26,27)30-32(21,22)23)29-14(6-16,13(8,2)15)11-4-3-9-12(17)18-7-19-20(9)11/h3-4,7-8,10H,5H2,1-2H3,(H,24,25)(H,26,27)(H2,17,18,19)(H2,21,22,23)/t8-,10-,13-,14+/m1/s1. The number of hydrogen-bond acceptors (Lipinski definition) is 11. The quantitative estimate of drug-likeness (QED) is 0.292. The summed E-state index contributed by atoms with van der Waals surface area (Å²) >= 11 is 0. The number of nitrogens with zero attached hydrogens (tertiary/aromatic N) is 4. The molecule has 0 aromatic carbocycles. The van der Waals surface area contributed by atoms with Crippen LogP contribution < -0.4 is 5.73 Å². The second-order valence-electron chi connectivity index (χ2n) is 7.36.